The SMILES string of the molecule is CC1(C)c2ccccc2-c2c(ccc3cc(N(c4ccccc4)c4ccc5sc6ccccc6c5c4)c4ccccc4c23)C1(C)C. The molecule has 7 aromatic carbocycles. The van der Waals surface area contributed by atoms with Crippen molar-refractivity contribution in [1.82, 2.24) is 0 Å². The van der Waals surface area contributed by atoms with Gasteiger partial charge in [0, 0.05) is 36.9 Å². The van der Waals surface area contributed by atoms with Crippen LogP contribution in [0.1, 0.15) is 38.8 Å². The third-order valence-corrected chi connectivity index (χ3v) is 12.1. The van der Waals surface area contributed by atoms with Crippen LogP contribution in [-0.4, -0.2) is 0 Å². The molecule has 1 heterocycles. The van der Waals surface area contributed by atoms with Gasteiger partial charge in [-0.15, -0.1) is 11.3 Å². The van der Waals surface area contributed by atoms with E-state index in [9.17, 15) is 0 Å². The molecule has 0 saturated heterocycles. The van der Waals surface area contributed by atoms with E-state index in [4.69, 9.17) is 0 Å². The third kappa shape index (κ3) is 3.74. The molecule has 0 aliphatic heterocycles. The molecule has 8 aromatic rings. The lowest BCUT2D eigenvalue weighted by Crippen LogP contribution is -2.43. The second-order valence-electron chi connectivity index (χ2n) is 13.8. The first-order chi connectivity index (χ1) is 22.3. The average Bonchev–Trinajstić information content (AvgIpc) is 3.46. The summed E-state index contributed by atoms with van der Waals surface area (Å²) in [5.41, 5.74) is 9.06. The summed E-state index contributed by atoms with van der Waals surface area (Å²) in [6.07, 6.45) is 0. The Balaban J connectivity index is 1.37. The van der Waals surface area contributed by atoms with Gasteiger partial charge in [-0.3, -0.25) is 0 Å². The Morgan fingerprint density at radius 3 is 1.96 bits per heavy atom. The number of hydrogen-bond acceptors (Lipinski definition) is 2. The summed E-state index contributed by atoms with van der Waals surface area (Å²) in [5.74, 6) is 0. The summed E-state index contributed by atoms with van der Waals surface area (Å²) >= 11 is 1.87. The molecule has 1 aromatic heterocycles. The highest BCUT2D eigenvalue weighted by atomic mass is 32.1. The number of para-hydroxylation sites is 1. The van der Waals surface area contributed by atoms with E-state index >= 15 is 0 Å². The van der Waals surface area contributed by atoms with Gasteiger partial charge in [-0.2, -0.15) is 0 Å². The molecule has 0 saturated carbocycles. The Morgan fingerprint density at radius 1 is 0.478 bits per heavy atom. The number of fused-ring (bicyclic) bond motifs is 10. The predicted octanol–water partition coefficient (Wildman–Crippen LogP) is 13.1. The second kappa shape index (κ2) is 9.79. The molecule has 2 heteroatoms. The van der Waals surface area contributed by atoms with E-state index in [2.05, 4.69) is 172 Å². The quantitative estimate of drug-likeness (QED) is 0.180. The zero-order valence-corrected chi connectivity index (χ0v) is 27.5. The van der Waals surface area contributed by atoms with E-state index < -0.39 is 0 Å². The van der Waals surface area contributed by atoms with Gasteiger partial charge in [-0.05, 0) is 91.7 Å². The van der Waals surface area contributed by atoms with Crippen molar-refractivity contribution in [2.24, 2.45) is 0 Å². The number of nitrogens with zero attached hydrogens (tertiary/aromatic N) is 1. The van der Waals surface area contributed by atoms with Gasteiger partial charge in [-0.1, -0.05) is 125 Å². The number of thiophene rings is 1. The molecule has 9 rings (SSSR count). The van der Waals surface area contributed by atoms with Gasteiger partial charge in [-0.25, -0.2) is 0 Å². The molecule has 1 aliphatic rings. The zero-order chi connectivity index (χ0) is 31.2. The summed E-state index contributed by atoms with van der Waals surface area (Å²) in [7, 11) is 0. The summed E-state index contributed by atoms with van der Waals surface area (Å²) in [5, 5.41) is 7.78. The molecule has 0 radical (unpaired) electrons. The molecular formula is C44H35NS. The minimum absolute atomic E-state index is 0.00536. The normalized spacial score (nSPS) is 14.9. The maximum Gasteiger partial charge on any atom is 0.0546 e. The van der Waals surface area contributed by atoms with Crippen molar-refractivity contribution < 1.29 is 0 Å². The maximum atomic E-state index is 2.45. The van der Waals surface area contributed by atoms with Crippen LogP contribution in [0.15, 0.2) is 140 Å². The second-order valence-corrected chi connectivity index (χ2v) is 14.9. The average molecular weight is 610 g/mol. The van der Waals surface area contributed by atoms with E-state index in [-0.39, 0.29) is 10.8 Å². The highest BCUT2D eigenvalue weighted by Gasteiger charge is 2.46. The number of rotatable bonds is 3. The topological polar surface area (TPSA) is 3.24 Å². The van der Waals surface area contributed by atoms with Gasteiger partial charge in [0.15, 0.2) is 0 Å². The number of hydrogen-bond donors (Lipinski definition) is 0. The van der Waals surface area contributed by atoms with Gasteiger partial charge >= 0.3 is 0 Å². The number of benzene rings is 7. The van der Waals surface area contributed by atoms with E-state index in [0.29, 0.717) is 0 Å². The monoisotopic (exact) mass is 609 g/mol. The van der Waals surface area contributed by atoms with Crippen LogP contribution in [0.2, 0.25) is 0 Å². The lowest BCUT2D eigenvalue weighted by molar-refractivity contribution is 0.299. The molecule has 0 fully saturated rings. The van der Waals surface area contributed by atoms with E-state index in [1.807, 2.05) is 11.3 Å². The van der Waals surface area contributed by atoms with Gasteiger partial charge in [0.25, 0.3) is 0 Å². The lowest BCUT2D eigenvalue weighted by Gasteiger charge is -2.48. The van der Waals surface area contributed by atoms with Crippen LogP contribution in [-0.2, 0) is 10.8 Å². The minimum Gasteiger partial charge on any atom is -0.310 e. The first-order valence-corrected chi connectivity index (χ1v) is 17.0. The molecule has 1 nitrogen and oxygen atoms in total. The Labute approximate surface area is 274 Å². The standard InChI is InChI=1S/C44H35NS/c1-43(2)36-20-12-10-19-34(36)42-37(44(43,3)4)24-22-28-26-38(31-16-8-9-18-33(31)41(28)42)45(29-14-6-5-7-15-29)30-23-25-40-35(27-30)32-17-11-13-21-39(32)46-40/h5-27H,1-4H3. The number of anilines is 3. The first kappa shape index (κ1) is 27.4. The molecule has 1 aliphatic carbocycles. The van der Waals surface area contributed by atoms with Crippen LogP contribution in [0, 0.1) is 0 Å². The Morgan fingerprint density at radius 2 is 1.13 bits per heavy atom. The third-order valence-electron chi connectivity index (χ3n) is 11.0. The smallest absolute Gasteiger partial charge is 0.0546 e. The van der Waals surface area contributed by atoms with Crippen molar-refractivity contribution in [3.63, 3.8) is 0 Å². The van der Waals surface area contributed by atoms with Gasteiger partial charge < -0.3 is 4.90 Å². The van der Waals surface area contributed by atoms with Gasteiger partial charge in [0.1, 0.15) is 0 Å². The fraction of sp³-hybridized carbons (Fsp3) is 0.136. The molecule has 0 amide bonds. The molecule has 0 atom stereocenters. The fourth-order valence-corrected chi connectivity index (χ4v) is 9.03. The minimum atomic E-state index is -0.0422. The van der Waals surface area contributed by atoms with Crippen molar-refractivity contribution in [2.45, 2.75) is 38.5 Å². The van der Waals surface area contributed by atoms with Crippen LogP contribution in [0.25, 0.3) is 52.8 Å². The van der Waals surface area contributed by atoms with Crippen LogP contribution < -0.4 is 4.90 Å². The molecule has 0 N–H and O–H groups in total. The van der Waals surface area contributed by atoms with Crippen LogP contribution in [0.4, 0.5) is 17.1 Å². The van der Waals surface area contributed by atoms with Gasteiger partial charge in [0.2, 0.25) is 0 Å². The van der Waals surface area contributed by atoms with Crippen molar-refractivity contribution in [1.29, 1.82) is 0 Å². The molecule has 0 spiro atoms. The Hall–Kier alpha value is -4.92. The first-order valence-electron chi connectivity index (χ1n) is 16.2. The molecular weight excluding hydrogens is 575 g/mol. The maximum absolute atomic E-state index is 2.45. The van der Waals surface area contributed by atoms with E-state index in [1.165, 1.54) is 69.7 Å². The van der Waals surface area contributed by atoms with E-state index in [1.54, 1.807) is 0 Å². The molecule has 222 valence electrons. The summed E-state index contributed by atoms with van der Waals surface area (Å²) in [6, 6.07) is 51.9. The highest BCUT2D eigenvalue weighted by molar-refractivity contribution is 7.25. The molecule has 46 heavy (non-hydrogen) atoms. The largest absolute Gasteiger partial charge is 0.310 e. The zero-order valence-electron chi connectivity index (χ0n) is 26.6. The summed E-state index contributed by atoms with van der Waals surface area (Å²) in [4.78, 5) is 2.45. The van der Waals surface area contributed by atoms with Crippen molar-refractivity contribution in [2.75, 3.05) is 4.90 Å². The van der Waals surface area contributed by atoms with Crippen LogP contribution in [0.5, 0.6) is 0 Å². The predicted molar refractivity (Wildman–Crippen MR) is 201 cm³/mol. The van der Waals surface area contributed by atoms with Crippen molar-refractivity contribution in [3.05, 3.63) is 151 Å². The molecule has 0 unspecified atom stereocenters. The summed E-state index contributed by atoms with van der Waals surface area (Å²) < 4.78 is 2.64. The van der Waals surface area contributed by atoms with Crippen LogP contribution >= 0.6 is 11.3 Å². The Bertz CT molecular complexity index is 2480. The van der Waals surface area contributed by atoms with Crippen molar-refractivity contribution in [3.8, 4) is 11.1 Å². The fourth-order valence-electron chi connectivity index (χ4n) is 7.94. The highest BCUT2D eigenvalue weighted by Crippen LogP contribution is 2.56. The Kier molecular flexibility index (Phi) is 5.83. The van der Waals surface area contributed by atoms with Crippen LogP contribution in [0.3, 0.4) is 0 Å². The van der Waals surface area contributed by atoms with E-state index in [0.717, 1.165) is 11.4 Å². The molecule has 0 bridgehead atoms. The summed E-state index contributed by atoms with van der Waals surface area (Å²) in [6.45, 7) is 9.66. The van der Waals surface area contributed by atoms with Gasteiger partial charge in [0.05, 0.1) is 5.69 Å². The van der Waals surface area contributed by atoms with Crippen molar-refractivity contribution >= 4 is 70.1 Å². The lowest BCUT2D eigenvalue weighted by atomic mass is 9.55.